The Balaban J connectivity index is 2.08. The zero-order valence-corrected chi connectivity index (χ0v) is 20.9. The molecular formula is C29H45NO2. The van der Waals surface area contributed by atoms with Crippen LogP contribution in [0.4, 0.5) is 0 Å². The van der Waals surface area contributed by atoms with Gasteiger partial charge in [0.2, 0.25) is 0 Å². The number of unbranched alkanes of at least 4 members (excludes halogenated alkanes) is 3. The van der Waals surface area contributed by atoms with Gasteiger partial charge < -0.3 is 14.4 Å². The molecule has 178 valence electrons. The van der Waals surface area contributed by atoms with Crippen LogP contribution in [-0.4, -0.2) is 37.7 Å². The number of rotatable bonds is 17. The molecule has 0 bridgehead atoms. The third kappa shape index (κ3) is 9.24. The van der Waals surface area contributed by atoms with Crippen molar-refractivity contribution in [1.82, 2.24) is 4.90 Å². The summed E-state index contributed by atoms with van der Waals surface area (Å²) in [5, 5.41) is 0. The summed E-state index contributed by atoms with van der Waals surface area (Å²) in [7, 11) is 1.72. The van der Waals surface area contributed by atoms with E-state index in [1.54, 1.807) is 7.11 Å². The van der Waals surface area contributed by atoms with Gasteiger partial charge >= 0.3 is 0 Å². The minimum absolute atomic E-state index is 0.595. The second-order valence-corrected chi connectivity index (χ2v) is 8.81. The Morgan fingerprint density at radius 1 is 0.781 bits per heavy atom. The van der Waals surface area contributed by atoms with Gasteiger partial charge in [-0.15, -0.1) is 0 Å². The molecule has 0 unspecified atom stereocenters. The lowest BCUT2D eigenvalue weighted by atomic mass is 9.97. The van der Waals surface area contributed by atoms with E-state index in [4.69, 9.17) is 9.47 Å². The van der Waals surface area contributed by atoms with E-state index < -0.39 is 0 Å². The summed E-state index contributed by atoms with van der Waals surface area (Å²) in [6.07, 6.45) is 11.0. The predicted molar refractivity (Wildman–Crippen MR) is 137 cm³/mol. The quantitative estimate of drug-likeness (QED) is 0.241. The number of hydrogen-bond acceptors (Lipinski definition) is 3. The fourth-order valence-corrected chi connectivity index (χ4v) is 4.43. The maximum atomic E-state index is 6.18. The van der Waals surface area contributed by atoms with Crippen LogP contribution in [0, 0.1) is 0 Å². The average Bonchev–Trinajstić information content (AvgIpc) is 2.82. The Morgan fingerprint density at radius 2 is 1.53 bits per heavy atom. The van der Waals surface area contributed by atoms with Crippen LogP contribution < -0.4 is 9.47 Å². The maximum Gasteiger partial charge on any atom is 0.161 e. The Kier molecular flexibility index (Phi) is 12.9. The van der Waals surface area contributed by atoms with E-state index in [0.29, 0.717) is 12.6 Å². The third-order valence-corrected chi connectivity index (χ3v) is 6.12. The largest absolute Gasteiger partial charge is 0.493 e. The maximum absolute atomic E-state index is 6.18. The minimum atomic E-state index is 0.595. The van der Waals surface area contributed by atoms with Crippen LogP contribution in [0.3, 0.4) is 0 Å². The first-order chi connectivity index (χ1) is 15.7. The standard InChI is InChI=1S/C29H45NO2/c1-5-8-9-13-16-27(30(20-6-2)21-7-3)23-26-17-18-28(31-4)29(24-26)32-22-19-25-14-11-10-12-15-25/h10-12,14-15,17-18,24,27H,5-9,13,16,19-23H2,1-4H3/t27-/m0/s1. The molecule has 0 aliphatic heterocycles. The molecule has 32 heavy (non-hydrogen) atoms. The Morgan fingerprint density at radius 3 is 2.19 bits per heavy atom. The van der Waals surface area contributed by atoms with Crippen molar-refractivity contribution in [2.45, 2.75) is 84.6 Å². The molecule has 0 aliphatic carbocycles. The van der Waals surface area contributed by atoms with Crippen LogP contribution in [0.25, 0.3) is 0 Å². The van der Waals surface area contributed by atoms with Crippen molar-refractivity contribution in [3.8, 4) is 11.5 Å². The van der Waals surface area contributed by atoms with E-state index in [2.05, 4.69) is 74.2 Å². The van der Waals surface area contributed by atoms with Crippen molar-refractivity contribution in [3.05, 3.63) is 59.7 Å². The van der Waals surface area contributed by atoms with Gasteiger partial charge in [0.1, 0.15) is 0 Å². The van der Waals surface area contributed by atoms with Crippen LogP contribution in [0.5, 0.6) is 11.5 Å². The first kappa shape index (κ1) is 26.3. The molecule has 0 aliphatic rings. The average molecular weight is 440 g/mol. The van der Waals surface area contributed by atoms with Crippen LogP contribution >= 0.6 is 0 Å². The van der Waals surface area contributed by atoms with Gasteiger partial charge in [0, 0.05) is 12.5 Å². The van der Waals surface area contributed by atoms with E-state index in [9.17, 15) is 0 Å². The molecule has 0 amide bonds. The highest BCUT2D eigenvalue weighted by atomic mass is 16.5. The first-order valence-electron chi connectivity index (χ1n) is 12.8. The molecule has 0 N–H and O–H groups in total. The number of benzene rings is 2. The second-order valence-electron chi connectivity index (χ2n) is 8.81. The van der Waals surface area contributed by atoms with Gasteiger partial charge in [-0.2, -0.15) is 0 Å². The summed E-state index contributed by atoms with van der Waals surface area (Å²) in [6, 6.07) is 17.6. The Hall–Kier alpha value is -2.00. The van der Waals surface area contributed by atoms with Crippen LogP contribution in [-0.2, 0) is 12.8 Å². The third-order valence-electron chi connectivity index (χ3n) is 6.12. The number of hydrogen-bond donors (Lipinski definition) is 0. The van der Waals surface area contributed by atoms with E-state index in [1.165, 1.54) is 69.2 Å². The molecule has 0 saturated carbocycles. The first-order valence-corrected chi connectivity index (χ1v) is 12.8. The zero-order chi connectivity index (χ0) is 23.0. The van der Waals surface area contributed by atoms with Crippen molar-refractivity contribution in [2.75, 3.05) is 26.8 Å². The molecule has 0 heterocycles. The topological polar surface area (TPSA) is 21.7 Å². The lowest BCUT2D eigenvalue weighted by Crippen LogP contribution is -2.38. The molecule has 0 saturated heterocycles. The summed E-state index contributed by atoms with van der Waals surface area (Å²) in [4.78, 5) is 2.71. The Labute approximate surface area is 197 Å². The highest BCUT2D eigenvalue weighted by Gasteiger charge is 2.18. The van der Waals surface area contributed by atoms with Crippen molar-refractivity contribution >= 4 is 0 Å². The highest BCUT2D eigenvalue weighted by Crippen LogP contribution is 2.30. The van der Waals surface area contributed by atoms with Gasteiger partial charge in [0.15, 0.2) is 11.5 Å². The van der Waals surface area contributed by atoms with Crippen molar-refractivity contribution in [2.24, 2.45) is 0 Å². The van der Waals surface area contributed by atoms with Gasteiger partial charge in [-0.1, -0.05) is 82.9 Å². The predicted octanol–water partition coefficient (Wildman–Crippen LogP) is 7.32. The van der Waals surface area contributed by atoms with E-state index in [0.717, 1.165) is 24.3 Å². The van der Waals surface area contributed by atoms with Gasteiger partial charge in [0.05, 0.1) is 13.7 Å². The molecular weight excluding hydrogens is 394 g/mol. The van der Waals surface area contributed by atoms with Gasteiger partial charge in [-0.05, 0) is 62.0 Å². The molecule has 0 aromatic heterocycles. The van der Waals surface area contributed by atoms with Gasteiger partial charge in [0.25, 0.3) is 0 Å². The number of nitrogens with zero attached hydrogens (tertiary/aromatic N) is 1. The summed E-state index contributed by atoms with van der Waals surface area (Å²) in [5.74, 6) is 1.68. The molecule has 0 radical (unpaired) electrons. The summed E-state index contributed by atoms with van der Waals surface area (Å²) in [5.41, 5.74) is 2.64. The number of methoxy groups -OCH3 is 1. The molecule has 1 atom stereocenters. The fraction of sp³-hybridized carbons (Fsp3) is 0.586. The highest BCUT2D eigenvalue weighted by molar-refractivity contribution is 5.43. The normalized spacial score (nSPS) is 12.2. The number of ether oxygens (including phenoxy) is 2. The summed E-state index contributed by atoms with van der Waals surface area (Å²) in [6.45, 7) is 9.90. The molecule has 2 aromatic carbocycles. The van der Waals surface area contributed by atoms with Crippen LogP contribution in [0.2, 0.25) is 0 Å². The molecule has 0 spiro atoms. The van der Waals surface area contributed by atoms with E-state index >= 15 is 0 Å². The SMILES string of the molecule is CCCCCC[C@@H](Cc1ccc(OC)c(OCCc2ccccc2)c1)N(CCC)CCC. The molecule has 0 fully saturated rings. The van der Waals surface area contributed by atoms with E-state index in [-0.39, 0.29) is 0 Å². The molecule has 3 heteroatoms. The molecule has 3 nitrogen and oxygen atoms in total. The second kappa shape index (κ2) is 15.7. The Bertz CT molecular complexity index is 725. The smallest absolute Gasteiger partial charge is 0.161 e. The lowest BCUT2D eigenvalue weighted by molar-refractivity contribution is 0.181. The van der Waals surface area contributed by atoms with Crippen molar-refractivity contribution in [1.29, 1.82) is 0 Å². The summed E-state index contributed by atoms with van der Waals surface area (Å²) < 4.78 is 11.8. The molecule has 2 rings (SSSR count). The zero-order valence-electron chi connectivity index (χ0n) is 20.9. The lowest BCUT2D eigenvalue weighted by Gasteiger charge is -2.32. The van der Waals surface area contributed by atoms with Crippen molar-refractivity contribution < 1.29 is 9.47 Å². The van der Waals surface area contributed by atoms with E-state index in [1.807, 2.05) is 0 Å². The van der Waals surface area contributed by atoms with Crippen molar-refractivity contribution in [3.63, 3.8) is 0 Å². The van der Waals surface area contributed by atoms with Crippen LogP contribution in [0.1, 0.15) is 76.8 Å². The van der Waals surface area contributed by atoms with Gasteiger partial charge in [-0.25, -0.2) is 0 Å². The summed E-state index contributed by atoms with van der Waals surface area (Å²) >= 11 is 0. The monoisotopic (exact) mass is 439 g/mol. The van der Waals surface area contributed by atoms with Crippen LogP contribution in [0.15, 0.2) is 48.5 Å². The molecule has 2 aromatic rings. The van der Waals surface area contributed by atoms with Gasteiger partial charge in [-0.3, -0.25) is 0 Å². The minimum Gasteiger partial charge on any atom is -0.493 e. The fourth-order valence-electron chi connectivity index (χ4n) is 4.43.